The van der Waals surface area contributed by atoms with Crippen molar-refractivity contribution in [2.45, 2.75) is 37.1 Å². The summed E-state index contributed by atoms with van der Waals surface area (Å²) >= 11 is 3.49. The lowest BCUT2D eigenvalue weighted by Crippen LogP contribution is -2.50. The zero-order valence-corrected chi connectivity index (χ0v) is 15.8. The number of halogens is 1. The first kappa shape index (κ1) is 16.6. The quantitative estimate of drug-likeness (QED) is 0.816. The van der Waals surface area contributed by atoms with Gasteiger partial charge in [-0.3, -0.25) is 4.79 Å². The first-order chi connectivity index (χ1) is 12.2. The molecule has 2 aromatic carbocycles. The zero-order valence-electron chi connectivity index (χ0n) is 14.2. The van der Waals surface area contributed by atoms with Crippen molar-refractivity contribution in [2.24, 2.45) is 0 Å². The molecule has 1 atom stereocenters. The molecule has 25 heavy (non-hydrogen) atoms. The van der Waals surface area contributed by atoms with Gasteiger partial charge in [-0.2, -0.15) is 0 Å². The number of carbonyl (C=O) groups excluding carboxylic acids is 1. The van der Waals surface area contributed by atoms with Crippen molar-refractivity contribution in [3.05, 3.63) is 64.6 Å². The molecule has 0 spiro atoms. The second kappa shape index (κ2) is 6.83. The summed E-state index contributed by atoms with van der Waals surface area (Å²) in [4.78, 5) is 15.4. The van der Waals surface area contributed by atoms with E-state index in [4.69, 9.17) is 0 Å². The van der Waals surface area contributed by atoms with Gasteiger partial charge in [0.1, 0.15) is 0 Å². The van der Waals surface area contributed by atoms with E-state index in [-0.39, 0.29) is 5.41 Å². The highest BCUT2D eigenvalue weighted by molar-refractivity contribution is 9.10. The lowest BCUT2D eigenvalue weighted by Gasteiger charge is -2.43. The van der Waals surface area contributed by atoms with Gasteiger partial charge in [0.25, 0.3) is 0 Å². The molecular formula is C21H23BrN2O. The van der Waals surface area contributed by atoms with E-state index in [0.717, 1.165) is 48.9 Å². The number of anilines is 1. The number of carbonyl (C=O) groups is 1. The van der Waals surface area contributed by atoms with Crippen LogP contribution in [0.1, 0.15) is 31.2 Å². The maximum Gasteiger partial charge on any atom is 0.233 e. The third kappa shape index (κ3) is 3.20. The Morgan fingerprint density at radius 3 is 2.44 bits per heavy atom. The van der Waals surface area contributed by atoms with Gasteiger partial charge in [-0.15, -0.1) is 0 Å². The summed E-state index contributed by atoms with van der Waals surface area (Å²) in [7, 11) is 0. The van der Waals surface area contributed by atoms with Crippen molar-refractivity contribution in [2.75, 3.05) is 18.4 Å². The standard InChI is InChI=1S/C21H23BrN2O/c22-17-9-7-16(8-10-17)21(12-4-13-21)20(25)24-14-11-19(15-24)23-18-5-2-1-3-6-18/h1-3,5-10,19,23H,4,11-15H2. The van der Waals surface area contributed by atoms with Crippen LogP contribution in [0, 0.1) is 0 Å². The first-order valence-electron chi connectivity index (χ1n) is 9.04. The fourth-order valence-corrected chi connectivity index (χ4v) is 4.32. The van der Waals surface area contributed by atoms with Crippen molar-refractivity contribution in [3.8, 4) is 0 Å². The molecule has 3 nitrogen and oxygen atoms in total. The van der Waals surface area contributed by atoms with Crippen molar-refractivity contribution in [1.82, 2.24) is 4.90 Å². The number of rotatable bonds is 4. The number of nitrogens with zero attached hydrogens (tertiary/aromatic N) is 1. The normalized spacial score (nSPS) is 21.6. The highest BCUT2D eigenvalue weighted by Crippen LogP contribution is 2.46. The van der Waals surface area contributed by atoms with Crippen LogP contribution >= 0.6 is 15.9 Å². The Labute approximate surface area is 157 Å². The molecule has 130 valence electrons. The molecule has 1 saturated carbocycles. The van der Waals surface area contributed by atoms with Gasteiger partial charge in [-0.25, -0.2) is 0 Å². The number of amides is 1. The van der Waals surface area contributed by atoms with E-state index in [1.807, 2.05) is 30.3 Å². The molecular weight excluding hydrogens is 376 g/mol. The largest absolute Gasteiger partial charge is 0.380 e. The molecule has 0 bridgehead atoms. The molecule has 1 heterocycles. The molecule has 4 heteroatoms. The minimum atomic E-state index is -0.289. The summed E-state index contributed by atoms with van der Waals surface area (Å²) in [5.41, 5.74) is 2.02. The van der Waals surface area contributed by atoms with Crippen LogP contribution in [0.3, 0.4) is 0 Å². The minimum absolute atomic E-state index is 0.289. The van der Waals surface area contributed by atoms with Gasteiger partial charge in [-0.1, -0.05) is 52.7 Å². The van der Waals surface area contributed by atoms with E-state index in [2.05, 4.69) is 50.4 Å². The van der Waals surface area contributed by atoms with Gasteiger partial charge in [0.15, 0.2) is 0 Å². The molecule has 4 rings (SSSR count). The van der Waals surface area contributed by atoms with Gasteiger partial charge in [0, 0.05) is 29.3 Å². The minimum Gasteiger partial charge on any atom is -0.380 e. The number of nitrogens with one attached hydrogen (secondary N) is 1. The summed E-state index contributed by atoms with van der Waals surface area (Å²) in [6.07, 6.45) is 4.10. The van der Waals surface area contributed by atoms with Gasteiger partial charge < -0.3 is 10.2 Å². The molecule has 1 saturated heterocycles. The summed E-state index contributed by atoms with van der Waals surface area (Å²) < 4.78 is 1.06. The van der Waals surface area contributed by atoms with Crippen LogP contribution < -0.4 is 5.32 Å². The van der Waals surface area contributed by atoms with E-state index in [0.29, 0.717) is 11.9 Å². The van der Waals surface area contributed by atoms with E-state index in [1.165, 1.54) is 5.56 Å². The highest BCUT2D eigenvalue weighted by atomic mass is 79.9. The molecule has 2 aromatic rings. The topological polar surface area (TPSA) is 32.3 Å². The molecule has 1 N–H and O–H groups in total. The van der Waals surface area contributed by atoms with Crippen molar-refractivity contribution in [1.29, 1.82) is 0 Å². The summed E-state index contributed by atoms with van der Waals surface area (Å²) in [5.74, 6) is 0.318. The number of likely N-dealkylation sites (tertiary alicyclic amines) is 1. The lowest BCUT2D eigenvalue weighted by molar-refractivity contribution is -0.139. The van der Waals surface area contributed by atoms with Crippen LogP contribution in [0.2, 0.25) is 0 Å². The number of hydrogen-bond donors (Lipinski definition) is 1. The first-order valence-corrected chi connectivity index (χ1v) is 9.84. The highest BCUT2D eigenvalue weighted by Gasteiger charge is 2.48. The van der Waals surface area contributed by atoms with Gasteiger partial charge in [-0.05, 0) is 49.1 Å². The van der Waals surface area contributed by atoms with Crippen molar-refractivity contribution >= 4 is 27.5 Å². The predicted molar refractivity (Wildman–Crippen MR) is 105 cm³/mol. The van der Waals surface area contributed by atoms with Crippen LogP contribution in [0.15, 0.2) is 59.1 Å². The summed E-state index contributed by atoms with van der Waals surface area (Å²) in [6.45, 7) is 1.65. The fraction of sp³-hybridized carbons (Fsp3) is 0.381. The Bertz CT molecular complexity index is 740. The number of para-hydroxylation sites is 1. The van der Waals surface area contributed by atoms with Crippen LogP contribution in [-0.2, 0) is 10.2 Å². The Kier molecular flexibility index (Phi) is 4.55. The summed E-state index contributed by atoms with van der Waals surface area (Å²) in [6, 6.07) is 18.9. The SMILES string of the molecule is O=C(N1CCC(Nc2ccccc2)C1)C1(c2ccc(Br)cc2)CCC1. The van der Waals surface area contributed by atoms with E-state index in [1.54, 1.807) is 0 Å². The molecule has 1 aliphatic carbocycles. The Morgan fingerprint density at radius 2 is 1.80 bits per heavy atom. The lowest BCUT2D eigenvalue weighted by atomic mass is 9.63. The molecule has 2 fully saturated rings. The molecule has 0 aromatic heterocycles. The fourth-order valence-electron chi connectivity index (χ4n) is 4.06. The second-order valence-electron chi connectivity index (χ2n) is 7.19. The third-order valence-corrected chi connectivity index (χ3v) is 6.16. The number of benzene rings is 2. The molecule has 1 aliphatic heterocycles. The molecule has 2 aliphatic rings. The third-order valence-electron chi connectivity index (χ3n) is 5.63. The average Bonchev–Trinajstić information content (AvgIpc) is 3.05. The molecule has 1 unspecified atom stereocenters. The van der Waals surface area contributed by atoms with Crippen LogP contribution in [0.4, 0.5) is 5.69 Å². The van der Waals surface area contributed by atoms with E-state index >= 15 is 0 Å². The molecule has 0 radical (unpaired) electrons. The maximum atomic E-state index is 13.3. The van der Waals surface area contributed by atoms with Crippen molar-refractivity contribution in [3.63, 3.8) is 0 Å². The Morgan fingerprint density at radius 1 is 1.08 bits per heavy atom. The summed E-state index contributed by atoms with van der Waals surface area (Å²) in [5, 5.41) is 3.56. The van der Waals surface area contributed by atoms with Gasteiger partial charge in [0.05, 0.1) is 5.41 Å². The Hall–Kier alpha value is -1.81. The van der Waals surface area contributed by atoms with Crippen LogP contribution in [-0.4, -0.2) is 29.9 Å². The zero-order chi connectivity index (χ0) is 17.3. The van der Waals surface area contributed by atoms with E-state index in [9.17, 15) is 4.79 Å². The average molecular weight is 399 g/mol. The van der Waals surface area contributed by atoms with E-state index < -0.39 is 0 Å². The monoisotopic (exact) mass is 398 g/mol. The predicted octanol–water partition coefficient (Wildman–Crippen LogP) is 4.58. The molecule has 1 amide bonds. The second-order valence-corrected chi connectivity index (χ2v) is 8.11. The van der Waals surface area contributed by atoms with Crippen molar-refractivity contribution < 1.29 is 4.79 Å². The van der Waals surface area contributed by atoms with Crippen LogP contribution in [0.5, 0.6) is 0 Å². The van der Waals surface area contributed by atoms with Gasteiger partial charge in [0.2, 0.25) is 5.91 Å². The van der Waals surface area contributed by atoms with Gasteiger partial charge >= 0.3 is 0 Å². The smallest absolute Gasteiger partial charge is 0.233 e. The number of hydrogen-bond acceptors (Lipinski definition) is 2. The Balaban J connectivity index is 1.46. The van der Waals surface area contributed by atoms with Crippen LogP contribution in [0.25, 0.3) is 0 Å². The maximum absolute atomic E-state index is 13.3.